The van der Waals surface area contributed by atoms with E-state index in [1.165, 1.54) is 44.9 Å². The molecule has 0 rings (SSSR count). The third kappa shape index (κ3) is 53.6. The van der Waals surface area contributed by atoms with Crippen molar-refractivity contribution in [2.45, 2.75) is 219 Å². The number of ether oxygens (including phenoxy) is 4. The number of carboxylic acids is 1. The number of carbonyl (C=O) groups excluding carboxylic acids is 2. The quantitative estimate of drug-likeness (QED) is 0.0211. The lowest BCUT2D eigenvalue weighted by Gasteiger charge is -2.25. The van der Waals surface area contributed by atoms with Gasteiger partial charge in [0.05, 0.1) is 34.4 Å². The number of nitrogens with zero attached hydrogens (tertiary/aromatic N) is 1. The van der Waals surface area contributed by atoms with Crippen LogP contribution in [0.15, 0.2) is 109 Å². The Morgan fingerprint density at radius 3 is 1.21 bits per heavy atom. The Balaban J connectivity index is 4.32. The number of esters is 2. The number of hydrogen-bond acceptors (Lipinski definition) is 7. The summed E-state index contributed by atoms with van der Waals surface area (Å²) in [6.45, 7) is 4.71. The van der Waals surface area contributed by atoms with Gasteiger partial charge in [-0.05, 0) is 103 Å². The lowest BCUT2D eigenvalue weighted by Crippen LogP contribution is -2.40. The summed E-state index contributed by atoms with van der Waals surface area (Å²) in [4.78, 5) is 37.3. The monoisotopic (exact) mass is 991 g/mol. The van der Waals surface area contributed by atoms with Gasteiger partial charge in [-0.25, -0.2) is 4.79 Å². The fraction of sp³-hybridized carbons (Fsp3) is 0.661. The molecule has 0 aromatic rings. The van der Waals surface area contributed by atoms with Crippen LogP contribution in [0.2, 0.25) is 0 Å². The van der Waals surface area contributed by atoms with E-state index >= 15 is 0 Å². The fourth-order valence-electron chi connectivity index (χ4n) is 7.20. The Morgan fingerprint density at radius 1 is 0.437 bits per heavy atom. The first-order valence-electron chi connectivity index (χ1n) is 28.1. The number of carboxylic acid groups (broad SMARTS) is 1. The third-order valence-corrected chi connectivity index (χ3v) is 11.5. The van der Waals surface area contributed by atoms with Crippen LogP contribution in [0.5, 0.6) is 0 Å². The Hall–Kier alpha value is -4.05. The van der Waals surface area contributed by atoms with E-state index in [1.807, 2.05) is 21.1 Å². The zero-order valence-corrected chi connectivity index (χ0v) is 45.8. The van der Waals surface area contributed by atoms with Crippen molar-refractivity contribution in [3.05, 3.63) is 109 Å². The van der Waals surface area contributed by atoms with Gasteiger partial charge >= 0.3 is 17.9 Å². The van der Waals surface area contributed by atoms with Crippen LogP contribution >= 0.6 is 0 Å². The molecule has 0 radical (unpaired) electrons. The molecule has 71 heavy (non-hydrogen) atoms. The highest BCUT2D eigenvalue weighted by atomic mass is 16.7. The molecule has 0 aromatic carbocycles. The molecule has 1 N–H and O–H groups in total. The Bertz CT molecular complexity index is 1530. The van der Waals surface area contributed by atoms with E-state index in [9.17, 15) is 19.5 Å². The van der Waals surface area contributed by atoms with E-state index in [1.54, 1.807) is 0 Å². The van der Waals surface area contributed by atoms with E-state index in [2.05, 4.69) is 123 Å². The maximum absolute atomic E-state index is 12.9. The zero-order valence-electron chi connectivity index (χ0n) is 45.8. The number of allylic oxidation sites excluding steroid dienone is 18. The summed E-state index contributed by atoms with van der Waals surface area (Å²) in [6, 6.07) is 0. The average Bonchev–Trinajstić information content (AvgIpc) is 3.34. The summed E-state index contributed by atoms with van der Waals surface area (Å²) in [6.07, 6.45) is 68.7. The van der Waals surface area contributed by atoms with Crippen LogP contribution in [-0.2, 0) is 33.3 Å². The minimum Gasteiger partial charge on any atom is -0.477 e. The molecule has 2 unspecified atom stereocenters. The van der Waals surface area contributed by atoms with Gasteiger partial charge in [0.2, 0.25) is 0 Å². The highest BCUT2D eigenvalue weighted by Crippen LogP contribution is 2.13. The Morgan fingerprint density at radius 2 is 0.803 bits per heavy atom. The summed E-state index contributed by atoms with van der Waals surface area (Å²) >= 11 is 0. The molecular weight excluding hydrogens is 887 g/mol. The highest BCUT2D eigenvalue weighted by molar-refractivity contribution is 5.71. The van der Waals surface area contributed by atoms with E-state index < -0.39 is 24.3 Å². The van der Waals surface area contributed by atoms with Crippen molar-refractivity contribution < 1.29 is 42.9 Å². The molecule has 0 heterocycles. The van der Waals surface area contributed by atoms with Gasteiger partial charge < -0.3 is 28.5 Å². The topological polar surface area (TPSA) is 108 Å². The molecule has 0 saturated carbocycles. The Labute approximate surface area is 434 Å². The van der Waals surface area contributed by atoms with Crippen molar-refractivity contribution in [1.82, 2.24) is 0 Å². The van der Waals surface area contributed by atoms with Crippen molar-refractivity contribution >= 4 is 17.9 Å². The number of carbonyl (C=O) groups is 3. The molecule has 0 bridgehead atoms. The molecule has 9 nitrogen and oxygen atoms in total. The number of likely N-dealkylation sites (N-methyl/N-ethyl adjacent to an activating group) is 1. The molecule has 0 aliphatic heterocycles. The zero-order chi connectivity index (χ0) is 52.0. The standard InChI is InChI=1S/C62H103NO8/c1-6-8-10-12-14-16-18-20-22-23-24-25-26-27-28-29-30-31-32-33-34-35-36-37-39-41-43-45-47-49-51-53-60(65)71-58(57-70-62(61(66)67)68-55-54-63(3,4)5)56-69-59(64)52-50-48-46-44-42-40-38-21-19-17-15-13-11-9-7-2/h8,10,14,16,20-22,24-25,27-28,30-31,33-34,36-38,58,62H,6-7,9,11-13,15,17-19,23,26,29,32,35,39-57H2,1-5H3/p+1/b10-8-,16-14-,22-20-,25-24-,28-27-,31-30-,34-33-,37-36-,38-21-. The average molecular weight is 992 g/mol. The summed E-state index contributed by atoms with van der Waals surface area (Å²) in [7, 11) is 5.95. The summed E-state index contributed by atoms with van der Waals surface area (Å²) in [5.74, 6) is -2.05. The minimum atomic E-state index is -1.52. The second-order valence-corrected chi connectivity index (χ2v) is 19.5. The number of quaternary nitrogens is 1. The molecule has 0 amide bonds. The minimum absolute atomic E-state index is 0.178. The lowest BCUT2D eigenvalue weighted by molar-refractivity contribution is -0.870. The highest BCUT2D eigenvalue weighted by Gasteiger charge is 2.25. The van der Waals surface area contributed by atoms with Crippen molar-refractivity contribution in [2.75, 3.05) is 47.5 Å². The summed E-state index contributed by atoms with van der Waals surface area (Å²) in [5, 5.41) is 9.69. The maximum atomic E-state index is 12.9. The van der Waals surface area contributed by atoms with Gasteiger partial charge in [0, 0.05) is 12.8 Å². The van der Waals surface area contributed by atoms with Gasteiger partial charge in [-0.1, -0.05) is 200 Å². The molecule has 404 valence electrons. The van der Waals surface area contributed by atoms with Crippen LogP contribution in [0, 0.1) is 0 Å². The van der Waals surface area contributed by atoms with Gasteiger partial charge in [0.25, 0.3) is 6.29 Å². The van der Waals surface area contributed by atoms with Crippen LogP contribution in [0.4, 0.5) is 0 Å². The summed E-state index contributed by atoms with van der Waals surface area (Å²) < 4.78 is 22.8. The molecule has 0 aliphatic rings. The normalized spacial score (nSPS) is 13.6. The van der Waals surface area contributed by atoms with E-state index in [4.69, 9.17) is 18.9 Å². The number of aliphatic carboxylic acids is 1. The molecule has 0 fully saturated rings. The predicted molar refractivity (Wildman–Crippen MR) is 299 cm³/mol. The number of rotatable bonds is 50. The van der Waals surface area contributed by atoms with Gasteiger partial charge in [-0.2, -0.15) is 0 Å². The van der Waals surface area contributed by atoms with Gasteiger partial charge in [0.15, 0.2) is 6.10 Å². The molecule has 0 aliphatic carbocycles. The molecule has 9 heteroatoms. The third-order valence-electron chi connectivity index (χ3n) is 11.5. The fourth-order valence-corrected chi connectivity index (χ4v) is 7.20. The first-order valence-corrected chi connectivity index (χ1v) is 28.1. The largest absolute Gasteiger partial charge is 0.477 e. The number of hydrogen-bond donors (Lipinski definition) is 1. The first kappa shape index (κ1) is 67.0. The molecule has 2 atom stereocenters. The van der Waals surface area contributed by atoms with E-state index in [0.29, 0.717) is 17.4 Å². The Kier molecular flexibility index (Phi) is 49.3. The van der Waals surface area contributed by atoms with Crippen molar-refractivity contribution in [3.63, 3.8) is 0 Å². The summed E-state index contributed by atoms with van der Waals surface area (Å²) in [5.41, 5.74) is 0. The van der Waals surface area contributed by atoms with Gasteiger partial charge in [-0.3, -0.25) is 9.59 Å². The van der Waals surface area contributed by atoms with Crippen molar-refractivity contribution in [3.8, 4) is 0 Å². The molecule has 0 aromatic heterocycles. The molecular formula is C62H104NO8+. The van der Waals surface area contributed by atoms with Gasteiger partial charge in [0.1, 0.15) is 13.2 Å². The SMILES string of the molecule is CC/C=C\C/C=C\C/C=C\C/C=C\C/C=C\C/C=C\C/C=C\C/C=C\CCCCCCCCC(=O)OC(COC(=O)CCCCCCC/C=C\CCCCCCCC)COC(OCC[N+](C)(C)C)C(=O)O. The lowest BCUT2D eigenvalue weighted by atomic mass is 10.1. The smallest absolute Gasteiger partial charge is 0.361 e. The number of unbranched alkanes of at least 4 members (excludes halogenated alkanes) is 17. The van der Waals surface area contributed by atoms with Crippen LogP contribution in [0.1, 0.15) is 206 Å². The van der Waals surface area contributed by atoms with E-state index in [-0.39, 0.29) is 38.6 Å². The van der Waals surface area contributed by atoms with E-state index in [0.717, 1.165) is 128 Å². The van der Waals surface area contributed by atoms with Crippen LogP contribution in [0.3, 0.4) is 0 Å². The predicted octanol–water partition coefficient (Wildman–Crippen LogP) is 16.3. The molecule has 0 saturated heterocycles. The maximum Gasteiger partial charge on any atom is 0.361 e. The second-order valence-electron chi connectivity index (χ2n) is 19.5. The first-order chi connectivity index (χ1) is 34.6. The van der Waals surface area contributed by atoms with Crippen molar-refractivity contribution in [2.24, 2.45) is 0 Å². The van der Waals surface area contributed by atoms with Crippen molar-refractivity contribution in [1.29, 1.82) is 0 Å². The van der Waals surface area contributed by atoms with Crippen LogP contribution in [-0.4, -0.2) is 87.4 Å². The second kappa shape index (κ2) is 52.3. The molecule has 0 spiro atoms. The van der Waals surface area contributed by atoms with Crippen LogP contribution in [0.25, 0.3) is 0 Å². The van der Waals surface area contributed by atoms with Gasteiger partial charge in [-0.15, -0.1) is 0 Å². The van der Waals surface area contributed by atoms with Crippen LogP contribution < -0.4 is 0 Å².